The first kappa shape index (κ1) is 26.9. The second-order valence-electron chi connectivity index (χ2n) is 9.43. The molecule has 2 aromatic carbocycles. The summed E-state index contributed by atoms with van der Waals surface area (Å²) < 4.78 is 12.2. The second kappa shape index (κ2) is 11.9. The molecule has 1 atom stereocenters. The zero-order valence-corrected chi connectivity index (χ0v) is 22.2. The summed E-state index contributed by atoms with van der Waals surface area (Å²) in [5.41, 5.74) is 3.55. The normalized spacial score (nSPS) is 11.8. The highest BCUT2D eigenvalue weighted by Crippen LogP contribution is 2.31. The van der Waals surface area contributed by atoms with Crippen LogP contribution >= 0.6 is 0 Å². The van der Waals surface area contributed by atoms with Crippen molar-refractivity contribution in [3.63, 3.8) is 0 Å². The van der Waals surface area contributed by atoms with E-state index >= 15 is 0 Å². The Kier molecular flexibility index (Phi) is 8.43. The van der Waals surface area contributed by atoms with Crippen LogP contribution in [0.15, 0.2) is 65.6 Å². The molecule has 0 saturated heterocycles. The number of aryl methyl sites for hydroxylation is 1. The van der Waals surface area contributed by atoms with Crippen molar-refractivity contribution < 1.29 is 19.4 Å². The third-order valence-electron chi connectivity index (χ3n) is 6.61. The summed E-state index contributed by atoms with van der Waals surface area (Å²) in [7, 11) is 3.14. The Labute approximate surface area is 221 Å². The van der Waals surface area contributed by atoms with Crippen LogP contribution in [-0.2, 0) is 13.1 Å². The summed E-state index contributed by atoms with van der Waals surface area (Å²) in [5.74, 6) is 0.799. The minimum atomic E-state index is -0.387. The van der Waals surface area contributed by atoms with E-state index in [2.05, 4.69) is 10.3 Å². The Morgan fingerprint density at radius 1 is 1.08 bits per heavy atom. The van der Waals surface area contributed by atoms with Gasteiger partial charge in [-0.25, -0.2) is 0 Å². The molecule has 0 fully saturated rings. The van der Waals surface area contributed by atoms with Crippen molar-refractivity contribution in [1.29, 1.82) is 0 Å². The van der Waals surface area contributed by atoms with Gasteiger partial charge in [0.05, 0.1) is 14.2 Å². The van der Waals surface area contributed by atoms with Gasteiger partial charge in [-0.2, -0.15) is 0 Å². The Hall–Kier alpha value is -4.17. The lowest BCUT2D eigenvalue weighted by molar-refractivity contribution is 0.0940. The monoisotopic (exact) mass is 515 g/mol. The fourth-order valence-electron chi connectivity index (χ4n) is 4.41. The number of carbonyl (C=O) groups excluding carboxylic acids is 1. The van der Waals surface area contributed by atoms with Gasteiger partial charge in [-0.15, -0.1) is 0 Å². The average Bonchev–Trinajstić information content (AvgIpc) is 2.95. The number of carbonyl (C=O) groups is 1. The molecule has 0 radical (unpaired) electrons. The second-order valence-corrected chi connectivity index (χ2v) is 9.43. The number of pyridine rings is 2. The predicted octanol–water partition coefficient (Wildman–Crippen LogP) is 4.34. The fourth-order valence-corrected chi connectivity index (χ4v) is 4.41. The van der Waals surface area contributed by atoms with Crippen molar-refractivity contribution in [2.75, 3.05) is 20.8 Å². The zero-order valence-electron chi connectivity index (χ0n) is 22.2. The van der Waals surface area contributed by atoms with Crippen LogP contribution in [0.3, 0.4) is 0 Å². The zero-order chi connectivity index (χ0) is 27.2. The number of hydrogen-bond acceptors (Lipinski definition) is 6. The highest BCUT2D eigenvalue weighted by atomic mass is 16.5. The maximum Gasteiger partial charge on any atom is 0.277 e. The van der Waals surface area contributed by atoms with Crippen LogP contribution in [0.2, 0.25) is 0 Å². The standard InChI is InChI=1S/C30H33N3O5/c1-19-7-9-22(10-8-19)26-25-6-5-12-31-27(25)30(36)33(13-11-20(2)18-34)28(26)29(35)32-17-21-14-23(37-3)16-24(15-21)38-4/h5-10,12,14-16,20,34H,11,13,17-18H2,1-4H3,(H,32,35). The Balaban J connectivity index is 1.86. The molecular formula is C30H33N3O5. The largest absolute Gasteiger partial charge is 0.497 e. The Morgan fingerprint density at radius 3 is 2.39 bits per heavy atom. The van der Waals surface area contributed by atoms with Gasteiger partial charge in [-0.1, -0.05) is 42.8 Å². The van der Waals surface area contributed by atoms with Crippen LogP contribution in [0.5, 0.6) is 11.5 Å². The minimum Gasteiger partial charge on any atom is -0.497 e. The molecule has 198 valence electrons. The van der Waals surface area contributed by atoms with Gasteiger partial charge in [0.15, 0.2) is 0 Å². The molecule has 4 aromatic rings. The van der Waals surface area contributed by atoms with Crippen molar-refractivity contribution >= 4 is 16.8 Å². The molecular weight excluding hydrogens is 482 g/mol. The Morgan fingerprint density at radius 2 is 1.76 bits per heavy atom. The van der Waals surface area contributed by atoms with Gasteiger partial charge in [0.2, 0.25) is 0 Å². The van der Waals surface area contributed by atoms with Crippen LogP contribution in [0.25, 0.3) is 22.0 Å². The van der Waals surface area contributed by atoms with Crippen molar-refractivity contribution in [3.8, 4) is 22.6 Å². The number of nitrogens with one attached hydrogen (secondary N) is 1. The first-order valence-corrected chi connectivity index (χ1v) is 12.6. The van der Waals surface area contributed by atoms with Crippen molar-refractivity contribution in [3.05, 3.63) is 88.0 Å². The SMILES string of the molecule is COc1cc(CNC(=O)c2c(-c3ccc(C)cc3)c3cccnc3c(=O)n2CCC(C)CO)cc(OC)c1. The first-order valence-electron chi connectivity index (χ1n) is 12.6. The number of benzene rings is 2. The third kappa shape index (κ3) is 5.70. The number of nitrogens with zero attached hydrogens (tertiary/aromatic N) is 2. The van der Waals surface area contributed by atoms with Crippen LogP contribution < -0.4 is 20.3 Å². The number of fused-ring (bicyclic) bond motifs is 1. The lowest BCUT2D eigenvalue weighted by atomic mass is 9.97. The maximum atomic E-state index is 13.9. The number of aromatic nitrogens is 2. The van der Waals surface area contributed by atoms with Crippen molar-refractivity contribution in [1.82, 2.24) is 14.9 Å². The number of amides is 1. The number of ether oxygens (including phenoxy) is 2. The molecule has 0 aliphatic heterocycles. The first-order chi connectivity index (χ1) is 18.4. The molecule has 4 rings (SSSR count). The van der Waals surface area contributed by atoms with Crippen molar-refractivity contribution in [2.45, 2.75) is 33.4 Å². The molecule has 8 nitrogen and oxygen atoms in total. The number of rotatable bonds is 10. The molecule has 0 saturated carbocycles. The maximum absolute atomic E-state index is 13.9. The van der Waals surface area contributed by atoms with E-state index in [0.717, 1.165) is 16.7 Å². The minimum absolute atomic E-state index is 0.00932. The van der Waals surface area contributed by atoms with Crippen LogP contribution in [-0.4, -0.2) is 41.4 Å². The molecule has 0 spiro atoms. The van der Waals surface area contributed by atoms with Gasteiger partial charge >= 0.3 is 0 Å². The van der Waals surface area contributed by atoms with Crippen molar-refractivity contribution in [2.24, 2.45) is 5.92 Å². The smallest absolute Gasteiger partial charge is 0.277 e. The molecule has 38 heavy (non-hydrogen) atoms. The van der Waals surface area contributed by atoms with E-state index in [4.69, 9.17) is 9.47 Å². The summed E-state index contributed by atoms with van der Waals surface area (Å²) in [5, 5.41) is 13.2. The number of aliphatic hydroxyl groups excluding tert-OH is 1. The van der Waals surface area contributed by atoms with E-state index in [-0.39, 0.29) is 42.8 Å². The Bertz CT molecular complexity index is 1470. The molecule has 0 aliphatic rings. The van der Waals surface area contributed by atoms with Crippen LogP contribution in [0.4, 0.5) is 0 Å². The summed E-state index contributed by atoms with van der Waals surface area (Å²) >= 11 is 0. The van der Waals surface area contributed by atoms with E-state index < -0.39 is 0 Å². The summed E-state index contributed by atoms with van der Waals surface area (Å²) in [6.07, 6.45) is 2.11. The van der Waals surface area contributed by atoms with Gasteiger partial charge in [-0.05, 0) is 48.6 Å². The van der Waals surface area contributed by atoms with Crippen LogP contribution in [0, 0.1) is 12.8 Å². The molecule has 0 aliphatic carbocycles. The highest BCUT2D eigenvalue weighted by molar-refractivity contribution is 6.07. The molecule has 1 unspecified atom stereocenters. The number of aliphatic hydroxyl groups is 1. The quantitative estimate of drug-likeness (QED) is 0.326. The number of methoxy groups -OCH3 is 2. The highest BCUT2D eigenvalue weighted by Gasteiger charge is 2.24. The number of hydrogen-bond donors (Lipinski definition) is 2. The summed E-state index contributed by atoms with van der Waals surface area (Å²) in [4.78, 5) is 32.0. The topological polar surface area (TPSA) is 103 Å². The van der Waals surface area contributed by atoms with Crippen LogP contribution in [0.1, 0.15) is 35.0 Å². The molecule has 1 amide bonds. The lowest BCUT2D eigenvalue weighted by Gasteiger charge is -2.20. The van der Waals surface area contributed by atoms with Gasteiger partial charge in [-0.3, -0.25) is 14.6 Å². The molecule has 8 heteroatoms. The van der Waals surface area contributed by atoms with E-state index in [1.807, 2.05) is 56.3 Å². The fraction of sp³-hybridized carbons (Fsp3) is 0.300. The van der Waals surface area contributed by atoms with Gasteiger partial charge in [0, 0.05) is 42.9 Å². The van der Waals surface area contributed by atoms with E-state index in [1.54, 1.807) is 32.5 Å². The van der Waals surface area contributed by atoms with E-state index in [9.17, 15) is 14.7 Å². The molecule has 0 bridgehead atoms. The summed E-state index contributed by atoms with van der Waals surface area (Å²) in [6, 6.07) is 16.9. The van der Waals surface area contributed by atoms with Gasteiger partial charge in [0.1, 0.15) is 22.7 Å². The summed E-state index contributed by atoms with van der Waals surface area (Å²) in [6.45, 7) is 4.36. The van der Waals surface area contributed by atoms with E-state index in [0.29, 0.717) is 34.4 Å². The van der Waals surface area contributed by atoms with Gasteiger partial charge in [0.25, 0.3) is 11.5 Å². The predicted molar refractivity (Wildman–Crippen MR) is 148 cm³/mol. The average molecular weight is 516 g/mol. The molecule has 2 aromatic heterocycles. The third-order valence-corrected chi connectivity index (χ3v) is 6.61. The molecule has 2 N–H and O–H groups in total. The van der Waals surface area contributed by atoms with Gasteiger partial charge < -0.3 is 24.5 Å². The molecule has 2 heterocycles. The lowest BCUT2D eigenvalue weighted by Crippen LogP contribution is -2.34. The van der Waals surface area contributed by atoms with E-state index in [1.165, 1.54) is 4.57 Å².